The molecule has 0 radical (unpaired) electrons. The summed E-state index contributed by atoms with van der Waals surface area (Å²) in [5, 5.41) is 11.2. The number of hydrogen-bond acceptors (Lipinski definition) is 1. The predicted molar refractivity (Wildman–Crippen MR) is 185 cm³/mol. The Balaban J connectivity index is 1.06. The van der Waals surface area contributed by atoms with E-state index in [-0.39, 0.29) is 0 Å². The average Bonchev–Trinajstić information content (AvgIpc) is 3.08. The molecule has 8 aromatic carbocycles. The van der Waals surface area contributed by atoms with Crippen molar-refractivity contribution in [1.29, 1.82) is 0 Å². The second-order valence-electron chi connectivity index (χ2n) is 11.1. The molecule has 0 bridgehead atoms. The molecule has 0 saturated heterocycles. The molecule has 1 nitrogen and oxygen atoms in total. The molecule has 1 heteroatoms. The maximum absolute atomic E-state index is 3.59. The van der Waals surface area contributed by atoms with Crippen molar-refractivity contribution in [3.8, 4) is 33.4 Å². The highest BCUT2D eigenvalue weighted by Crippen LogP contribution is 2.36. The van der Waals surface area contributed by atoms with Crippen LogP contribution in [0.2, 0.25) is 0 Å². The van der Waals surface area contributed by atoms with E-state index >= 15 is 0 Å². The first kappa shape index (κ1) is 25.1. The monoisotopic (exact) mass is 547 g/mol. The van der Waals surface area contributed by atoms with Crippen molar-refractivity contribution in [2.75, 3.05) is 5.32 Å². The highest BCUT2D eigenvalue weighted by molar-refractivity contribution is 6.13. The van der Waals surface area contributed by atoms with Crippen LogP contribution in [0.15, 0.2) is 170 Å². The van der Waals surface area contributed by atoms with Crippen LogP contribution in [-0.4, -0.2) is 0 Å². The van der Waals surface area contributed by atoms with E-state index in [1.807, 2.05) is 0 Å². The Hall–Kier alpha value is -5.66. The van der Waals surface area contributed by atoms with E-state index in [1.165, 1.54) is 65.7 Å². The van der Waals surface area contributed by atoms with Crippen molar-refractivity contribution in [3.05, 3.63) is 170 Å². The minimum absolute atomic E-state index is 1.07. The Morgan fingerprint density at radius 2 is 0.860 bits per heavy atom. The Kier molecular flexibility index (Phi) is 6.20. The van der Waals surface area contributed by atoms with Gasteiger partial charge in [0.2, 0.25) is 0 Å². The molecule has 0 spiro atoms. The number of rotatable bonds is 5. The van der Waals surface area contributed by atoms with Gasteiger partial charge >= 0.3 is 0 Å². The van der Waals surface area contributed by atoms with Gasteiger partial charge in [0.15, 0.2) is 0 Å². The lowest BCUT2D eigenvalue weighted by molar-refractivity contribution is 1.54. The Morgan fingerprint density at radius 1 is 0.279 bits per heavy atom. The van der Waals surface area contributed by atoms with Crippen LogP contribution in [-0.2, 0) is 0 Å². The lowest BCUT2D eigenvalue weighted by Crippen LogP contribution is -1.91. The molecule has 43 heavy (non-hydrogen) atoms. The van der Waals surface area contributed by atoms with Gasteiger partial charge < -0.3 is 5.32 Å². The molecule has 202 valence electrons. The summed E-state index contributed by atoms with van der Waals surface area (Å²) in [5.41, 5.74) is 9.54. The van der Waals surface area contributed by atoms with Crippen molar-refractivity contribution >= 4 is 43.7 Å². The molecular weight excluding hydrogens is 518 g/mol. The van der Waals surface area contributed by atoms with Crippen molar-refractivity contribution < 1.29 is 0 Å². The van der Waals surface area contributed by atoms with Gasteiger partial charge in [-0.1, -0.05) is 133 Å². The molecule has 0 unspecified atom stereocenters. The molecule has 0 saturated carbocycles. The van der Waals surface area contributed by atoms with Crippen LogP contribution >= 0.6 is 0 Å². The van der Waals surface area contributed by atoms with Gasteiger partial charge in [-0.2, -0.15) is 0 Å². The van der Waals surface area contributed by atoms with Crippen LogP contribution in [0.1, 0.15) is 0 Å². The lowest BCUT2D eigenvalue weighted by Gasteiger charge is -2.13. The van der Waals surface area contributed by atoms with Gasteiger partial charge in [-0.15, -0.1) is 0 Å². The summed E-state index contributed by atoms with van der Waals surface area (Å²) >= 11 is 0. The van der Waals surface area contributed by atoms with Crippen molar-refractivity contribution in [3.63, 3.8) is 0 Å². The molecule has 0 aliphatic rings. The fourth-order valence-corrected chi connectivity index (χ4v) is 6.26. The van der Waals surface area contributed by atoms with E-state index in [1.54, 1.807) is 0 Å². The second kappa shape index (κ2) is 10.6. The summed E-state index contributed by atoms with van der Waals surface area (Å²) in [6.45, 7) is 0. The van der Waals surface area contributed by atoms with E-state index in [4.69, 9.17) is 0 Å². The summed E-state index contributed by atoms with van der Waals surface area (Å²) in [6, 6.07) is 61.1. The fraction of sp³-hybridized carbons (Fsp3) is 0. The van der Waals surface area contributed by atoms with Gasteiger partial charge in [-0.25, -0.2) is 0 Å². The summed E-state index contributed by atoms with van der Waals surface area (Å²) in [4.78, 5) is 0. The van der Waals surface area contributed by atoms with Crippen LogP contribution in [0.4, 0.5) is 11.4 Å². The van der Waals surface area contributed by atoms with Crippen LogP contribution in [0.3, 0.4) is 0 Å². The van der Waals surface area contributed by atoms with Gasteiger partial charge in [0, 0.05) is 11.4 Å². The van der Waals surface area contributed by atoms with Gasteiger partial charge in [-0.3, -0.25) is 0 Å². The molecule has 0 atom stereocenters. The number of hydrogen-bond donors (Lipinski definition) is 1. The highest BCUT2D eigenvalue weighted by Gasteiger charge is 2.09. The van der Waals surface area contributed by atoms with E-state index in [9.17, 15) is 0 Å². The third kappa shape index (κ3) is 4.71. The van der Waals surface area contributed by atoms with Crippen molar-refractivity contribution in [2.45, 2.75) is 0 Å². The van der Waals surface area contributed by atoms with Crippen molar-refractivity contribution in [2.24, 2.45) is 0 Å². The van der Waals surface area contributed by atoms with Gasteiger partial charge in [0.05, 0.1) is 0 Å². The molecular formula is C42H29N. The zero-order valence-corrected chi connectivity index (χ0v) is 23.7. The molecule has 0 aliphatic heterocycles. The first-order valence-corrected chi connectivity index (χ1v) is 14.8. The molecule has 0 fully saturated rings. The minimum Gasteiger partial charge on any atom is -0.356 e. The van der Waals surface area contributed by atoms with Crippen LogP contribution < -0.4 is 5.32 Å². The number of benzene rings is 8. The number of fused-ring (bicyclic) bond motifs is 4. The van der Waals surface area contributed by atoms with Crippen LogP contribution in [0, 0.1) is 0 Å². The normalized spacial score (nSPS) is 11.3. The number of anilines is 2. The standard InChI is InChI=1S/C42H29N/c1-2-9-30(10-3-1)37-16-8-12-31-17-18-33(27-41(31)37)29-19-23-35(24-20-29)43-36-25-21-32(22-26-36)42-28-34-11-4-5-13-38(34)39-14-6-7-15-40(39)42/h1-28,43H. The van der Waals surface area contributed by atoms with E-state index in [2.05, 4.69) is 175 Å². The van der Waals surface area contributed by atoms with E-state index < -0.39 is 0 Å². The highest BCUT2D eigenvalue weighted by atomic mass is 14.9. The largest absolute Gasteiger partial charge is 0.356 e. The zero-order chi connectivity index (χ0) is 28.6. The molecule has 0 heterocycles. The van der Waals surface area contributed by atoms with Crippen LogP contribution in [0.25, 0.3) is 65.7 Å². The minimum atomic E-state index is 1.07. The Morgan fingerprint density at radius 3 is 1.63 bits per heavy atom. The molecule has 8 aromatic rings. The molecule has 0 amide bonds. The van der Waals surface area contributed by atoms with Gasteiger partial charge in [-0.05, 0) is 102 Å². The first-order chi connectivity index (χ1) is 21.3. The van der Waals surface area contributed by atoms with Gasteiger partial charge in [0.25, 0.3) is 0 Å². The Labute approximate surface area is 251 Å². The maximum atomic E-state index is 3.59. The quantitative estimate of drug-likeness (QED) is 0.211. The average molecular weight is 548 g/mol. The molecule has 1 N–H and O–H groups in total. The van der Waals surface area contributed by atoms with E-state index in [0.717, 1.165) is 11.4 Å². The van der Waals surface area contributed by atoms with Crippen molar-refractivity contribution in [1.82, 2.24) is 0 Å². The predicted octanol–water partition coefficient (Wildman–Crippen LogP) is 11.9. The van der Waals surface area contributed by atoms with Gasteiger partial charge in [0.1, 0.15) is 0 Å². The van der Waals surface area contributed by atoms with Crippen LogP contribution in [0.5, 0.6) is 0 Å². The molecule has 0 aliphatic carbocycles. The summed E-state index contributed by atoms with van der Waals surface area (Å²) in [7, 11) is 0. The topological polar surface area (TPSA) is 12.0 Å². The SMILES string of the molecule is c1ccc(-c2cccc3ccc(-c4ccc(Nc5ccc(-c6cc7ccccc7c7ccccc67)cc5)cc4)cc23)cc1. The van der Waals surface area contributed by atoms with E-state index in [0.29, 0.717) is 0 Å². The third-order valence-electron chi connectivity index (χ3n) is 8.44. The first-order valence-electron chi connectivity index (χ1n) is 14.8. The zero-order valence-electron chi connectivity index (χ0n) is 23.7. The number of nitrogens with one attached hydrogen (secondary N) is 1. The Bertz CT molecular complexity index is 2230. The third-order valence-corrected chi connectivity index (χ3v) is 8.44. The second-order valence-corrected chi connectivity index (χ2v) is 11.1. The maximum Gasteiger partial charge on any atom is 0.0384 e. The molecule has 8 rings (SSSR count). The lowest BCUT2D eigenvalue weighted by atomic mass is 9.93. The smallest absolute Gasteiger partial charge is 0.0384 e. The summed E-state index contributed by atoms with van der Waals surface area (Å²) < 4.78 is 0. The molecule has 0 aromatic heterocycles. The summed E-state index contributed by atoms with van der Waals surface area (Å²) in [5.74, 6) is 0. The summed E-state index contributed by atoms with van der Waals surface area (Å²) in [6.07, 6.45) is 0. The fourth-order valence-electron chi connectivity index (χ4n) is 6.26.